The Morgan fingerprint density at radius 3 is 2.79 bits per heavy atom. The van der Waals surface area contributed by atoms with Gasteiger partial charge in [0.1, 0.15) is 0 Å². The minimum Gasteiger partial charge on any atom is -0.437 e. The molecule has 98 valence electrons. The Bertz CT molecular complexity index is 609. The molecule has 2 heterocycles. The summed E-state index contributed by atoms with van der Waals surface area (Å²) in [5, 5.41) is 0. The number of hydrogen-bond acceptors (Lipinski definition) is 4. The quantitative estimate of drug-likeness (QED) is 0.787. The average molecular weight is 256 g/mol. The van der Waals surface area contributed by atoms with Crippen LogP contribution in [0.25, 0.3) is 0 Å². The van der Waals surface area contributed by atoms with Crippen LogP contribution in [-0.2, 0) is 6.42 Å². The summed E-state index contributed by atoms with van der Waals surface area (Å²) in [7, 11) is 0. The van der Waals surface area contributed by atoms with Gasteiger partial charge in [0, 0.05) is 23.5 Å². The summed E-state index contributed by atoms with van der Waals surface area (Å²) in [6.07, 6.45) is 2.35. The first kappa shape index (κ1) is 13.2. The van der Waals surface area contributed by atoms with Crippen molar-refractivity contribution >= 4 is 5.78 Å². The standard InChI is InChI=1S/C15H16N2O2/c1-4-13-14(6-5-10(2)17-13)19-15-9-12(11(3)18)7-8-16-15/h5-9H,4H2,1-3H3. The first-order chi connectivity index (χ1) is 9.10. The van der Waals surface area contributed by atoms with Gasteiger partial charge in [-0.15, -0.1) is 0 Å². The molecular formula is C15H16N2O2. The fourth-order valence-electron chi connectivity index (χ4n) is 1.74. The molecule has 4 nitrogen and oxygen atoms in total. The molecule has 0 saturated heterocycles. The third kappa shape index (κ3) is 3.16. The van der Waals surface area contributed by atoms with Crippen molar-refractivity contribution in [3.63, 3.8) is 0 Å². The van der Waals surface area contributed by atoms with Crippen molar-refractivity contribution in [2.45, 2.75) is 27.2 Å². The van der Waals surface area contributed by atoms with Crippen molar-refractivity contribution in [1.29, 1.82) is 0 Å². The molecule has 0 aliphatic heterocycles. The first-order valence-corrected chi connectivity index (χ1v) is 6.21. The number of ketones is 1. The molecule has 2 rings (SSSR count). The van der Waals surface area contributed by atoms with Gasteiger partial charge in [-0.1, -0.05) is 6.92 Å². The third-order valence-corrected chi connectivity index (χ3v) is 2.76. The number of aryl methyl sites for hydroxylation is 2. The van der Waals surface area contributed by atoms with Gasteiger partial charge in [0.25, 0.3) is 0 Å². The van der Waals surface area contributed by atoms with Crippen LogP contribution in [0.1, 0.15) is 35.6 Å². The Morgan fingerprint density at radius 2 is 2.11 bits per heavy atom. The summed E-state index contributed by atoms with van der Waals surface area (Å²) in [6, 6.07) is 7.08. The smallest absolute Gasteiger partial charge is 0.219 e. The number of carbonyl (C=O) groups excluding carboxylic acids is 1. The number of pyridine rings is 2. The zero-order valence-corrected chi connectivity index (χ0v) is 11.3. The number of nitrogens with zero attached hydrogens (tertiary/aromatic N) is 2. The van der Waals surface area contributed by atoms with E-state index in [0.717, 1.165) is 17.8 Å². The maximum Gasteiger partial charge on any atom is 0.219 e. The van der Waals surface area contributed by atoms with Crippen LogP contribution in [-0.4, -0.2) is 15.8 Å². The highest BCUT2D eigenvalue weighted by molar-refractivity contribution is 5.94. The molecule has 0 aliphatic rings. The topological polar surface area (TPSA) is 52.1 Å². The monoisotopic (exact) mass is 256 g/mol. The van der Waals surface area contributed by atoms with E-state index < -0.39 is 0 Å². The molecule has 0 radical (unpaired) electrons. The zero-order valence-electron chi connectivity index (χ0n) is 11.3. The highest BCUT2D eigenvalue weighted by atomic mass is 16.5. The number of aromatic nitrogens is 2. The summed E-state index contributed by atoms with van der Waals surface area (Å²) < 4.78 is 5.72. The Hall–Kier alpha value is -2.23. The number of ether oxygens (including phenoxy) is 1. The van der Waals surface area contributed by atoms with Crippen molar-refractivity contribution in [1.82, 2.24) is 9.97 Å². The van der Waals surface area contributed by atoms with Crippen LogP contribution in [0.15, 0.2) is 30.5 Å². The van der Waals surface area contributed by atoms with Crippen molar-refractivity contribution in [2.75, 3.05) is 0 Å². The lowest BCUT2D eigenvalue weighted by Crippen LogP contribution is -1.98. The summed E-state index contributed by atoms with van der Waals surface area (Å²) >= 11 is 0. The van der Waals surface area contributed by atoms with E-state index in [0.29, 0.717) is 17.2 Å². The fraction of sp³-hybridized carbons (Fsp3) is 0.267. The Kier molecular flexibility index (Phi) is 3.90. The summed E-state index contributed by atoms with van der Waals surface area (Å²) in [6.45, 7) is 5.48. The van der Waals surface area contributed by atoms with Gasteiger partial charge in [-0.3, -0.25) is 9.78 Å². The van der Waals surface area contributed by atoms with Crippen LogP contribution in [0.2, 0.25) is 0 Å². The van der Waals surface area contributed by atoms with Crippen LogP contribution in [0.3, 0.4) is 0 Å². The van der Waals surface area contributed by atoms with E-state index in [4.69, 9.17) is 4.74 Å². The lowest BCUT2D eigenvalue weighted by atomic mass is 10.2. The Labute approximate surface area is 112 Å². The predicted molar refractivity (Wildman–Crippen MR) is 72.7 cm³/mol. The SMILES string of the molecule is CCc1nc(C)ccc1Oc1cc(C(C)=O)ccn1. The molecule has 19 heavy (non-hydrogen) atoms. The van der Waals surface area contributed by atoms with Gasteiger partial charge in [0.05, 0.1) is 5.69 Å². The number of carbonyl (C=O) groups is 1. The van der Waals surface area contributed by atoms with Gasteiger partial charge in [0.2, 0.25) is 5.88 Å². The average Bonchev–Trinajstić information content (AvgIpc) is 2.41. The molecular weight excluding hydrogens is 240 g/mol. The second kappa shape index (κ2) is 5.61. The van der Waals surface area contributed by atoms with E-state index in [9.17, 15) is 4.79 Å². The molecule has 0 spiro atoms. The third-order valence-electron chi connectivity index (χ3n) is 2.76. The first-order valence-electron chi connectivity index (χ1n) is 6.21. The van der Waals surface area contributed by atoms with E-state index in [1.165, 1.54) is 6.92 Å². The molecule has 2 aromatic heterocycles. The Morgan fingerprint density at radius 1 is 1.32 bits per heavy atom. The van der Waals surface area contributed by atoms with E-state index in [1.807, 2.05) is 26.0 Å². The molecule has 0 aromatic carbocycles. The van der Waals surface area contributed by atoms with Crippen molar-refractivity contribution in [3.05, 3.63) is 47.4 Å². The second-order valence-corrected chi connectivity index (χ2v) is 4.29. The lowest BCUT2D eigenvalue weighted by Gasteiger charge is -2.09. The second-order valence-electron chi connectivity index (χ2n) is 4.29. The molecule has 0 saturated carbocycles. The predicted octanol–water partition coefficient (Wildman–Crippen LogP) is 3.34. The molecule has 0 unspecified atom stereocenters. The van der Waals surface area contributed by atoms with Gasteiger partial charge in [-0.2, -0.15) is 0 Å². The van der Waals surface area contributed by atoms with Crippen molar-refractivity contribution in [2.24, 2.45) is 0 Å². The summed E-state index contributed by atoms with van der Waals surface area (Å²) in [5.41, 5.74) is 2.42. The maximum absolute atomic E-state index is 11.3. The number of Topliss-reactive ketones (excluding diaryl/α,β-unsaturated/α-hetero) is 1. The minimum atomic E-state index is -0.00926. The van der Waals surface area contributed by atoms with Crippen molar-refractivity contribution in [3.8, 4) is 11.6 Å². The van der Waals surface area contributed by atoms with Gasteiger partial charge < -0.3 is 4.74 Å². The van der Waals surface area contributed by atoms with Crippen LogP contribution in [0, 0.1) is 6.92 Å². The molecule has 0 aliphatic carbocycles. The van der Waals surface area contributed by atoms with E-state index in [-0.39, 0.29) is 5.78 Å². The molecule has 0 bridgehead atoms. The largest absolute Gasteiger partial charge is 0.437 e. The van der Waals surface area contributed by atoms with E-state index >= 15 is 0 Å². The normalized spacial score (nSPS) is 10.3. The van der Waals surface area contributed by atoms with Crippen molar-refractivity contribution < 1.29 is 9.53 Å². The van der Waals surface area contributed by atoms with E-state index in [1.54, 1.807) is 18.3 Å². The minimum absolute atomic E-state index is 0.00926. The van der Waals surface area contributed by atoms with Crippen LogP contribution in [0.5, 0.6) is 11.6 Å². The van der Waals surface area contributed by atoms with Gasteiger partial charge in [0.15, 0.2) is 11.5 Å². The molecule has 4 heteroatoms. The highest BCUT2D eigenvalue weighted by Crippen LogP contribution is 2.24. The fourth-order valence-corrected chi connectivity index (χ4v) is 1.74. The van der Waals surface area contributed by atoms with Crippen LogP contribution >= 0.6 is 0 Å². The molecule has 0 amide bonds. The van der Waals surface area contributed by atoms with E-state index in [2.05, 4.69) is 9.97 Å². The summed E-state index contributed by atoms with van der Waals surface area (Å²) in [4.78, 5) is 19.9. The van der Waals surface area contributed by atoms with Crippen LogP contribution < -0.4 is 4.74 Å². The molecule has 0 N–H and O–H groups in total. The number of rotatable bonds is 4. The lowest BCUT2D eigenvalue weighted by molar-refractivity contribution is 0.101. The Balaban J connectivity index is 2.30. The van der Waals surface area contributed by atoms with Crippen LogP contribution in [0.4, 0.5) is 0 Å². The molecule has 2 aromatic rings. The van der Waals surface area contributed by atoms with Gasteiger partial charge in [-0.05, 0) is 38.5 Å². The molecule has 0 fully saturated rings. The van der Waals surface area contributed by atoms with Gasteiger partial charge >= 0.3 is 0 Å². The highest BCUT2D eigenvalue weighted by Gasteiger charge is 2.08. The maximum atomic E-state index is 11.3. The molecule has 0 atom stereocenters. The zero-order chi connectivity index (χ0) is 13.8. The number of hydrogen-bond donors (Lipinski definition) is 0. The summed E-state index contributed by atoms with van der Waals surface area (Å²) in [5.74, 6) is 1.08. The van der Waals surface area contributed by atoms with Gasteiger partial charge in [-0.25, -0.2) is 4.98 Å².